The fraction of sp³-hybridized carbons (Fsp3) is 0.625. The van der Waals surface area contributed by atoms with Gasteiger partial charge in [-0.25, -0.2) is 9.28 Å². The van der Waals surface area contributed by atoms with Crippen LogP contribution in [0.5, 0.6) is 0 Å². The first-order valence-corrected chi connectivity index (χ1v) is 7.63. The van der Waals surface area contributed by atoms with E-state index in [0.717, 1.165) is 12.8 Å². The van der Waals surface area contributed by atoms with Crippen molar-refractivity contribution in [2.75, 3.05) is 6.61 Å². The fourth-order valence-electron chi connectivity index (χ4n) is 1.69. The zero-order chi connectivity index (χ0) is 16.4. The minimum absolute atomic E-state index is 0.377. The van der Waals surface area contributed by atoms with Crippen LogP contribution >= 0.6 is 0 Å². The second-order valence-corrected chi connectivity index (χ2v) is 6.90. The Hall–Kier alpha value is -0.945. The maximum Gasteiger partial charge on any atom is 0.526 e. The molecule has 1 aliphatic rings. The summed E-state index contributed by atoms with van der Waals surface area (Å²) in [5.41, 5.74) is -1.50. The van der Waals surface area contributed by atoms with Crippen molar-refractivity contribution in [3.63, 3.8) is 0 Å². The van der Waals surface area contributed by atoms with E-state index in [0.29, 0.717) is 18.0 Å². The van der Waals surface area contributed by atoms with Crippen molar-refractivity contribution in [2.24, 2.45) is 5.92 Å². The quantitative estimate of drug-likeness (QED) is 0.455. The molecule has 1 aromatic rings. The number of benzene rings is 1. The average molecular weight is 310 g/mol. The summed E-state index contributed by atoms with van der Waals surface area (Å²) in [6.07, 6.45) is 2.29. The van der Waals surface area contributed by atoms with E-state index in [9.17, 15) is 9.50 Å². The Labute approximate surface area is 131 Å². The van der Waals surface area contributed by atoms with Gasteiger partial charge in [-0.2, -0.15) is 0 Å². The molecule has 0 unspecified atom stereocenters. The van der Waals surface area contributed by atoms with Crippen LogP contribution < -0.4 is 5.46 Å². The molecule has 0 amide bonds. The normalized spacial score (nSPS) is 15.9. The van der Waals surface area contributed by atoms with E-state index in [4.69, 9.17) is 14.3 Å². The van der Waals surface area contributed by atoms with Crippen LogP contribution in [0.3, 0.4) is 0 Å². The molecule has 0 saturated heterocycles. The summed E-state index contributed by atoms with van der Waals surface area (Å²) in [6, 6.07) is 5.98. The predicted molar refractivity (Wildman–Crippen MR) is 83.0 cm³/mol. The number of aliphatic hydroxyl groups is 1. The van der Waals surface area contributed by atoms with Crippen molar-refractivity contribution >= 4 is 12.6 Å². The van der Waals surface area contributed by atoms with E-state index in [1.54, 1.807) is 39.8 Å². The van der Waals surface area contributed by atoms with Crippen molar-refractivity contribution < 1.29 is 23.8 Å². The Morgan fingerprint density at radius 1 is 1.27 bits per heavy atom. The van der Waals surface area contributed by atoms with Gasteiger partial charge in [-0.3, -0.25) is 4.81 Å². The van der Waals surface area contributed by atoms with Crippen molar-refractivity contribution in [2.45, 2.75) is 51.7 Å². The molecule has 1 fully saturated rings. The lowest BCUT2D eigenvalue weighted by molar-refractivity contribution is -0.236. The van der Waals surface area contributed by atoms with Crippen LogP contribution in [0.15, 0.2) is 24.3 Å². The third kappa shape index (κ3) is 4.78. The highest BCUT2D eigenvalue weighted by atomic mass is 19.1. The van der Waals surface area contributed by atoms with Crippen LogP contribution in [-0.2, 0) is 14.3 Å². The first-order valence-electron chi connectivity index (χ1n) is 7.63. The predicted octanol–water partition coefficient (Wildman–Crippen LogP) is 2.45. The second-order valence-electron chi connectivity index (χ2n) is 6.90. The molecular formula is C16H24BFO4. The molecule has 0 atom stereocenters. The Kier molecular flexibility index (Phi) is 5.27. The van der Waals surface area contributed by atoms with Crippen LogP contribution in [0.4, 0.5) is 4.39 Å². The van der Waals surface area contributed by atoms with Gasteiger partial charge in [-0.05, 0) is 64.1 Å². The molecule has 0 aromatic heterocycles. The lowest BCUT2D eigenvalue weighted by Gasteiger charge is -2.39. The number of halogens is 1. The fourth-order valence-corrected chi connectivity index (χ4v) is 1.69. The summed E-state index contributed by atoms with van der Waals surface area (Å²) in [5.74, 6) is 0.161. The van der Waals surface area contributed by atoms with Crippen LogP contribution in [0.2, 0.25) is 0 Å². The highest BCUT2D eigenvalue weighted by Crippen LogP contribution is 2.29. The largest absolute Gasteiger partial charge is 0.526 e. The molecule has 2 rings (SSSR count). The molecule has 0 bridgehead atoms. The average Bonchev–Trinajstić information content (AvgIpc) is 3.20. The molecule has 1 aliphatic carbocycles. The summed E-state index contributed by atoms with van der Waals surface area (Å²) in [5, 5.41) is 10.2. The summed E-state index contributed by atoms with van der Waals surface area (Å²) in [6.45, 7) is 7.31. The minimum atomic E-state index is -1.10. The van der Waals surface area contributed by atoms with Gasteiger partial charge >= 0.3 is 7.12 Å². The molecule has 4 nitrogen and oxygen atoms in total. The molecule has 1 N–H and O–H groups in total. The standard InChI is InChI=1S/C16H24BFO4/c1-15(2,19)16(3,4)21-17(22-20-11-12-8-9-12)13-6-5-7-14(18)10-13/h5-7,10,12,19H,8-9,11H2,1-4H3. The molecule has 0 radical (unpaired) electrons. The van der Waals surface area contributed by atoms with Crippen molar-refractivity contribution in [3.8, 4) is 0 Å². The summed E-state index contributed by atoms with van der Waals surface area (Å²) < 4.78 is 19.3. The van der Waals surface area contributed by atoms with Crippen molar-refractivity contribution in [1.82, 2.24) is 0 Å². The van der Waals surface area contributed by atoms with E-state index in [2.05, 4.69) is 0 Å². The first-order chi connectivity index (χ1) is 10.2. The molecule has 6 heteroatoms. The van der Waals surface area contributed by atoms with Crippen LogP contribution in [0.1, 0.15) is 40.5 Å². The topological polar surface area (TPSA) is 47.9 Å². The molecule has 122 valence electrons. The Morgan fingerprint density at radius 3 is 2.50 bits per heavy atom. The smallest absolute Gasteiger partial charge is 0.398 e. The number of rotatable bonds is 8. The van der Waals surface area contributed by atoms with E-state index >= 15 is 0 Å². The maximum atomic E-state index is 13.5. The summed E-state index contributed by atoms with van der Waals surface area (Å²) >= 11 is 0. The number of hydrogen-bond donors (Lipinski definition) is 1. The van der Waals surface area contributed by atoms with E-state index in [1.165, 1.54) is 12.1 Å². The van der Waals surface area contributed by atoms with E-state index in [1.807, 2.05) is 0 Å². The highest BCUT2D eigenvalue weighted by Gasteiger charge is 2.41. The van der Waals surface area contributed by atoms with Gasteiger partial charge in [-0.15, -0.1) is 0 Å². The first kappa shape index (κ1) is 17.4. The van der Waals surface area contributed by atoms with Gasteiger partial charge in [0.05, 0.1) is 17.8 Å². The Bertz CT molecular complexity index is 497. The molecule has 1 aromatic carbocycles. The molecule has 0 aliphatic heterocycles. The van der Waals surface area contributed by atoms with Crippen LogP contribution in [0, 0.1) is 11.7 Å². The lowest BCUT2D eigenvalue weighted by atomic mass is 9.76. The van der Waals surface area contributed by atoms with E-state index in [-0.39, 0.29) is 5.82 Å². The van der Waals surface area contributed by atoms with Crippen molar-refractivity contribution in [3.05, 3.63) is 30.1 Å². The van der Waals surface area contributed by atoms with Gasteiger partial charge in [0.15, 0.2) is 0 Å². The van der Waals surface area contributed by atoms with Gasteiger partial charge < -0.3 is 9.76 Å². The highest BCUT2D eigenvalue weighted by molar-refractivity contribution is 6.61. The third-order valence-corrected chi connectivity index (χ3v) is 4.15. The zero-order valence-electron chi connectivity index (χ0n) is 13.6. The summed E-state index contributed by atoms with van der Waals surface area (Å²) in [7, 11) is -0.907. The maximum absolute atomic E-state index is 13.5. The third-order valence-electron chi connectivity index (χ3n) is 4.15. The monoisotopic (exact) mass is 310 g/mol. The van der Waals surface area contributed by atoms with Gasteiger partial charge in [0.1, 0.15) is 5.82 Å². The van der Waals surface area contributed by atoms with Gasteiger partial charge in [0, 0.05) is 0 Å². The lowest BCUT2D eigenvalue weighted by Crippen LogP contribution is -2.54. The minimum Gasteiger partial charge on any atom is -0.398 e. The van der Waals surface area contributed by atoms with Gasteiger partial charge in [0.25, 0.3) is 0 Å². The zero-order valence-corrected chi connectivity index (χ0v) is 13.6. The molecule has 0 heterocycles. The van der Waals surface area contributed by atoms with Crippen LogP contribution in [0.25, 0.3) is 0 Å². The second kappa shape index (κ2) is 6.66. The van der Waals surface area contributed by atoms with Gasteiger partial charge in [0.2, 0.25) is 0 Å². The summed E-state index contributed by atoms with van der Waals surface area (Å²) in [4.78, 5) is 10.6. The number of hydrogen-bond acceptors (Lipinski definition) is 4. The van der Waals surface area contributed by atoms with Gasteiger partial charge in [-0.1, -0.05) is 12.1 Å². The van der Waals surface area contributed by atoms with Crippen molar-refractivity contribution in [1.29, 1.82) is 0 Å². The van der Waals surface area contributed by atoms with E-state index < -0.39 is 18.3 Å². The molecule has 1 saturated carbocycles. The Balaban J connectivity index is 2.09. The Morgan fingerprint density at radius 2 is 1.95 bits per heavy atom. The SMILES string of the molecule is CC(C)(O)C(C)(C)OB(OOCC1CC1)c1cccc(F)c1. The molecule has 22 heavy (non-hydrogen) atoms. The molecular weight excluding hydrogens is 286 g/mol. The van der Waals surface area contributed by atoms with Crippen LogP contribution in [-0.4, -0.2) is 30.0 Å². The molecule has 0 spiro atoms.